The highest BCUT2D eigenvalue weighted by atomic mass is 35.5. The van der Waals surface area contributed by atoms with Crippen molar-refractivity contribution in [3.8, 4) is 0 Å². The van der Waals surface area contributed by atoms with E-state index in [1.54, 1.807) is 0 Å². The Morgan fingerprint density at radius 2 is 2.28 bits per heavy atom. The van der Waals surface area contributed by atoms with Gasteiger partial charge in [-0.1, -0.05) is 11.6 Å². The van der Waals surface area contributed by atoms with Crippen molar-refractivity contribution >= 4 is 17.3 Å². The molecule has 0 aromatic carbocycles. The third kappa shape index (κ3) is 3.34. The van der Waals surface area contributed by atoms with Crippen molar-refractivity contribution in [1.82, 2.24) is 9.88 Å². The number of hydrogen-bond acceptors (Lipinski definition) is 4. The number of morpholine rings is 1. The topological polar surface area (TPSA) is 28.6 Å². The van der Waals surface area contributed by atoms with Gasteiger partial charge in [0.05, 0.1) is 24.1 Å². The first-order valence-electron chi connectivity index (χ1n) is 6.23. The van der Waals surface area contributed by atoms with Crippen LogP contribution < -0.4 is 4.90 Å². The lowest BCUT2D eigenvalue weighted by Crippen LogP contribution is -2.41. The van der Waals surface area contributed by atoms with Gasteiger partial charge < -0.3 is 14.5 Å². The molecule has 2 heterocycles. The number of hydrogen-bond donors (Lipinski definition) is 0. The molecule has 1 aliphatic rings. The van der Waals surface area contributed by atoms with E-state index in [1.165, 1.54) is 5.69 Å². The standard InChI is InChI=1S/C13H20ClN3O/c1-10-8-17(6-7-18-10)12-4-5-13(14)15-11(12)9-16(2)3/h4-5,10H,6-9H2,1-3H3/t10-/m1/s1. The molecule has 0 N–H and O–H groups in total. The monoisotopic (exact) mass is 269 g/mol. The number of pyridine rings is 1. The molecule has 18 heavy (non-hydrogen) atoms. The van der Waals surface area contributed by atoms with Crippen molar-refractivity contribution in [3.63, 3.8) is 0 Å². The molecule has 0 bridgehead atoms. The van der Waals surface area contributed by atoms with Crippen LogP contribution in [0.1, 0.15) is 12.6 Å². The first-order valence-corrected chi connectivity index (χ1v) is 6.61. The summed E-state index contributed by atoms with van der Waals surface area (Å²) in [5, 5.41) is 0.553. The van der Waals surface area contributed by atoms with Crippen molar-refractivity contribution in [1.29, 1.82) is 0 Å². The number of halogens is 1. The molecule has 0 radical (unpaired) electrons. The van der Waals surface area contributed by atoms with Crippen LogP contribution >= 0.6 is 11.6 Å². The van der Waals surface area contributed by atoms with Crippen LogP contribution in [-0.4, -0.2) is 49.8 Å². The molecule has 0 spiro atoms. The number of anilines is 1. The van der Waals surface area contributed by atoms with E-state index in [1.807, 2.05) is 20.2 Å². The van der Waals surface area contributed by atoms with Crippen LogP contribution in [0.5, 0.6) is 0 Å². The van der Waals surface area contributed by atoms with Gasteiger partial charge in [-0.15, -0.1) is 0 Å². The second-order valence-corrected chi connectivity index (χ2v) is 5.35. The maximum Gasteiger partial charge on any atom is 0.129 e. The number of aromatic nitrogens is 1. The van der Waals surface area contributed by atoms with Crippen molar-refractivity contribution < 1.29 is 4.74 Å². The van der Waals surface area contributed by atoms with E-state index in [-0.39, 0.29) is 6.10 Å². The zero-order valence-electron chi connectivity index (χ0n) is 11.2. The van der Waals surface area contributed by atoms with Crippen LogP contribution in [0.15, 0.2) is 12.1 Å². The molecule has 0 aliphatic carbocycles. The Hall–Kier alpha value is -0.840. The van der Waals surface area contributed by atoms with Gasteiger partial charge >= 0.3 is 0 Å². The molecule has 4 nitrogen and oxygen atoms in total. The van der Waals surface area contributed by atoms with Crippen LogP contribution in [0.25, 0.3) is 0 Å². The first-order chi connectivity index (χ1) is 8.56. The minimum atomic E-state index is 0.265. The summed E-state index contributed by atoms with van der Waals surface area (Å²) in [6.45, 7) is 5.48. The molecule has 0 amide bonds. The lowest BCUT2D eigenvalue weighted by molar-refractivity contribution is 0.0531. The number of rotatable bonds is 3. The predicted octanol–water partition coefficient (Wildman–Crippen LogP) is 2.02. The molecule has 0 saturated carbocycles. The average molecular weight is 270 g/mol. The Morgan fingerprint density at radius 1 is 1.50 bits per heavy atom. The second-order valence-electron chi connectivity index (χ2n) is 4.97. The lowest BCUT2D eigenvalue weighted by atomic mass is 10.2. The largest absolute Gasteiger partial charge is 0.375 e. The molecule has 1 aliphatic heterocycles. The summed E-state index contributed by atoms with van der Waals surface area (Å²) in [6.07, 6.45) is 0.265. The molecule has 1 aromatic heterocycles. The van der Waals surface area contributed by atoms with Crippen molar-refractivity contribution in [2.75, 3.05) is 38.7 Å². The SMILES string of the molecule is C[C@@H]1CN(c2ccc(Cl)nc2CN(C)C)CCO1. The second kappa shape index (κ2) is 5.87. The van der Waals surface area contributed by atoms with Crippen LogP contribution in [0.3, 0.4) is 0 Å². The summed E-state index contributed by atoms with van der Waals surface area (Å²) < 4.78 is 5.58. The van der Waals surface area contributed by atoms with Crippen molar-refractivity contribution in [2.24, 2.45) is 0 Å². The van der Waals surface area contributed by atoms with E-state index >= 15 is 0 Å². The van der Waals surface area contributed by atoms with Gasteiger partial charge in [0.1, 0.15) is 5.15 Å². The summed E-state index contributed by atoms with van der Waals surface area (Å²) in [7, 11) is 4.07. The predicted molar refractivity (Wildman–Crippen MR) is 74.3 cm³/mol. The third-order valence-electron chi connectivity index (χ3n) is 2.96. The minimum absolute atomic E-state index is 0.265. The molecule has 5 heteroatoms. The zero-order chi connectivity index (χ0) is 13.1. The molecule has 1 atom stereocenters. The highest BCUT2D eigenvalue weighted by Gasteiger charge is 2.20. The summed E-state index contributed by atoms with van der Waals surface area (Å²) in [5.41, 5.74) is 2.20. The smallest absolute Gasteiger partial charge is 0.129 e. The third-order valence-corrected chi connectivity index (χ3v) is 3.17. The van der Waals surface area contributed by atoms with Crippen molar-refractivity contribution in [3.05, 3.63) is 23.0 Å². The highest BCUT2D eigenvalue weighted by molar-refractivity contribution is 6.29. The molecular weight excluding hydrogens is 250 g/mol. The van der Waals surface area contributed by atoms with Gasteiger partial charge in [0.25, 0.3) is 0 Å². The highest BCUT2D eigenvalue weighted by Crippen LogP contribution is 2.24. The van der Waals surface area contributed by atoms with Gasteiger partial charge in [0, 0.05) is 19.6 Å². The lowest BCUT2D eigenvalue weighted by Gasteiger charge is -2.34. The van der Waals surface area contributed by atoms with Gasteiger partial charge in [-0.2, -0.15) is 0 Å². The Bertz CT molecular complexity index is 411. The van der Waals surface area contributed by atoms with E-state index in [0.717, 1.165) is 31.9 Å². The van der Waals surface area contributed by atoms with E-state index in [9.17, 15) is 0 Å². The molecule has 2 rings (SSSR count). The van der Waals surface area contributed by atoms with Crippen LogP contribution in [0.4, 0.5) is 5.69 Å². The van der Waals surface area contributed by atoms with E-state index in [4.69, 9.17) is 16.3 Å². The molecule has 1 aromatic rings. The van der Waals surface area contributed by atoms with Gasteiger partial charge in [0.15, 0.2) is 0 Å². The first kappa shape index (κ1) is 13.6. The van der Waals surface area contributed by atoms with Crippen LogP contribution in [-0.2, 0) is 11.3 Å². The fourth-order valence-electron chi connectivity index (χ4n) is 2.21. The summed E-state index contributed by atoms with van der Waals surface area (Å²) in [6, 6.07) is 3.92. The zero-order valence-corrected chi connectivity index (χ0v) is 11.9. The normalized spacial score (nSPS) is 20.5. The summed E-state index contributed by atoms with van der Waals surface area (Å²) >= 11 is 6.00. The van der Waals surface area contributed by atoms with E-state index in [2.05, 4.69) is 27.8 Å². The maximum absolute atomic E-state index is 6.00. The number of nitrogens with zero attached hydrogens (tertiary/aromatic N) is 3. The van der Waals surface area contributed by atoms with Crippen LogP contribution in [0, 0.1) is 0 Å². The van der Waals surface area contributed by atoms with Crippen molar-refractivity contribution in [2.45, 2.75) is 19.6 Å². The Balaban J connectivity index is 2.25. The Morgan fingerprint density at radius 3 is 2.94 bits per heavy atom. The summed E-state index contributed by atoms with van der Waals surface area (Å²) in [4.78, 5) is 8.89. The molecule has 0 unspecified atom stereocenters. The quantitative estimate of drug-likeness (QED) is 0.785. The molecule has 100 valence electrons. The fraction of sp³-hybridized carbons (Fsp3) is 0.615. The molecule has 1 fully saturated rings. The fourth-order valence-corrected chi connectivity index (χ4v) is 2.37. The average Bonchev–Trinajstić information content (AvgIpc) is 2.28. The van der Waals surface area contributed by atoms with Gasteiger partial charge in [-0.05, 0) is 33.2 Å². The molecule has 1 saturated heterocycles. The van der Waals surface area contributed by atoms with Gasteiger partial charge in [-0.3, -0.25) is 0 Å². The molecular formula is C13H20ClN3O. The summed E-state index contributed by atoms with van der Waals surface area (Å²) in [5.74, 6) is 0. The van der Waals surface area contributed by atoms with E-state index in [0.29, 0.717) is 5.15 Å². The Labute approximate surface area is 114 Å². The Kier molecular flexibility index (Phi) is 4.43. The van der Waals surface area contributed by atoms with Gasteiger partial charge in [-0.25, -0.2) is 4.98 Å². The maximum atomic E-state index is 6.00. The number of ether oxygens (including phenoxy) is 1. The minimum Gasteiger partial charge on any atom is -0.375 e. The van der Waals surface area contributed by atoms with E-state index < -0.39 is 0 Å². The van der Waals surface area contributed by atoms with Gasteiger partial charge in [0.2, 0.25) is 0 Å². The van der Waals surface area contributed by atoms with Crippen LogP contribution in [0.2, 0.25) is 5.15 Å².